The number of carbonyl (C=O) groups excluding carboxylic acids is 1. The van der Waals surface area contributed by atoms with E-state index in [-0.39, 0.29) is 5.91 Å². The highest BCUT2D eigenvalue weighted by molar-refractivity contribution is 7.17. The van der Waals surface area contributed by atoms with Crippen LogP contribution in [0.4, 0.5) is 5.13 Å². The second kappa shape index (κ2) is 5.95. The van der Waals surface area contributed by atoms with Crippen LogP contribution >= 0.6 is 11.3 Å². The summed E-state index contributed by atoms with van der Waals surface area (Å²) in [7, 11) is 0. The fraction of sp³-hybridized carbons (Fsp3) is 0.727. The highest BCUT2D eigenvalue weighted by Crippen LogP contribution is 2.25. The molecule has 1 saturated carbocycles. The van der Waals surface area contributed by atoms with Crippen molar-refractivity contribution < 1.29 is 4.79 Å². The van der Waals surface area contributed by atoms with Crippen molar-refractivity contribution in [3.05, 3.63) is 5.01 Å². The minimum absolute atomic E-state index is 0.0982. The molecule has 1 aliphatic carbocycles. The molecule has 1 aromatic rings. The molecular formula is C11H18N4OS. The number of rotatable bonds is 6. The number of aromatic nitrogens is 2. The van der Waals surface area contributed by atoms with Gasteiger partial charge in [0.2, 0.25) is 10.1 Å². The van der Waals surface area contributed by atoms with Gasteiger partial charge >= 0.3 is 0 Å². The van der Waals surface area contributed by atoms with E-state index in [4.69, 9.17) is 0 Å². The van der Waals surface area contributed by atoms with Crippen molar-refractivity contribution >= 4 is 22.4 Å². The minimum Gasteiger partial charge on any atom is -0.360 e. The number of hydrogen-bond acceptors (Lipinski definition) is 5. The molecule has 1 aliphatic rings. The maximum absolute atomic E-state index is 11.7. The Balaban J connectivity index is 1.79. The van der Waals surface area contributed by atoms with Gasteiger partial charge in [0.1, 0.15) is 0 Å². The predicted molar refractivity (Wildman–Crippen MR) is 68.4 cm³/mol. The number of amides is 1. The SMILES string of the molecule is CCCNc1nnc(C(=O)NCC2CCC2)s1. The largest absolute Gasteiger partial charge is 0.360 e. The van der Waals surface area contributed by atoms with Gasteiger partial charge in [0.25, 0.3) is 5.91 Å². The summed E-state index contributed by atoms with van der Waals surface area (Å²) in [6.45, 7) is 3.72. The Kier molecular flexibility index (Phi) is 4.30. The van der Waals surface area contributed by atoms with Gasteiger partial charge in [0.15, 0.2) is 0 Å². The number of nitrogens with one attached hydrogen (secondary N) is 2. The van der Waals surface area contributed by atoms with E-state index < -0.39 is 0 Å². The lowest BCUT2D eigenvalue weighted by molar-refractivity contribution is 0.0938. The van der Waals surface area contributed by atoms with E-state index in [1.54, 1.807) is 0 Å². The summed E-state index contributed by atoms with van der Waals surface area (Å²) in [6.07, 6.45) is 4.80. The van der Waals surface area contributed by atoms with Gasteiger partial charge in [0.05, 0.1) is 0 Å². The molecule has 1 aromatic heterocycles. The van der Waals surface area contributed by atoms with Gasteiger partial charge in [-0.15, -0.1) is 10.2 Å². The van der Waals surface area contributed by atoms with Crippen LogP contribution in [-0.4, -0.2) is 29.2 Å². The van der Waals surface area contributed by atoms with Crippen molar-refractivity contribution in [2.45, 2.75) is 32.6 Å². The standard InChI is InChI=1S/C11H18N4OS/c1-2-6-12-11-15-14-10(17-11)9(16)13-7-8-4-3-5-8/h8H,2-7H2,1H3,(H,12,15)(H,13,16). The molecule has 0 unspecified atom stereocenters. The van der Waals surface area contributed by atoms with Crippen LogP contribution in [0.1, 0.15) is 42.4 Å². The van der Waals surface area contributed by atoms with E-state index in [0.29, 0.717) is 10.9 Å². The monoisotopic (exact) mass is 254 g/mol. The molecule has 0 aromatic carbocycles. The topological polar surface area (TPSA) is 66.9 Å². The van der Waals surface area contributed by atoms with Gasteiger partial charge in [-0.05, 0) is 25.2 Å². The van der Waals surface area contributed by atoms with Crippen LogP contribution in [0, 0.1) is 5.92 Å². The zero-order valence-electron chi connectivity index (χ0n) is 10.0. The van der Waals surface area contributed by atoms with Gasteiger partial charge in [-0.3, -0.25) is 4.79 Å². The van der Waals surface area contributed by atoms with Crippen LogP contribution in [0.2, 0.25) is 0 Å². The molecule has 0 saturated heterocycles. The van der Waals surface area contributed by atoms with Crippen molar-refractivity contribution in [3.8, 4) is 0 Å². The molecule has 0 atom stereocenters. The lowest BCUT2D eigenvalue weighted by Gasteiger charge is -2.24. The summed E-state index contributed by atoms with van der Waals surface area (Å²) in [5.74, 6) is 0.573. The van der Waals surface area contributed by atoms with Gasteiger partial charge in [-0.25, -0.2) is 0 Å². The summed E-state index contributed by atoms with van der Waals surface area (Å²) in [6, 6.07) is 0. The smallest absolute Gasteiger partial charge is 0.282 e. The Hall–Kier alpha value is -1.17. The van der Waals surface area contributed by atoms with Crippen molar-refractivity contribution in [2.75, 3.05) is 18.4 Å². The third-order valence-corrected chi connectivity index (χ3v) is 3.80. The van der Waals surface area contributed by atoms with Crippen LogP contribution in [0.25, 0.3) is 0 Å². The quantitative estimate of drug-likeness (QED) is 0.813. The third kappa shape index (κ3) is 3.39. The number of anilines is 1. The number of nitrogens with zero attached hydrogens (tertiary/aromatic N) is 2. The van der Waals surface area contributed by atoms with Crippen molar-refractivity contribution in [3.63, 3.8) is 0 Å². The van der Waals surface area contributed by atoms with Crippen LogP contribution in [0.15, 0.2) is 0 Å². The molecule has 17 heavy (non-hydrogen) atoms. The predicted octanol–water partition coefficient (Wildman–Crippen LogP) is 1.89. The molecule has 2 rings (SSSR count). The van der Waals surface area contributed by atoms with Gasteiger partial charge in [0, 0.05) is 13.1 Å². The van der Waals surface area contributed by atoms with Crippen LogP contribution in [0.3, 0.4) is 0 Å². The summed E-state index contributed by atoms with van der Waals surface area (Å²) >= 11 is 1.31. The Labute approximate surface area is 105 Å². The van der Waals surface area contributed by atoms with E-state index in [1.165, 1.54) is 30.6 Å². The normalized spacial score (nSPS) is 15.4. The molecule has 6 heteroatoms. The first-order chi connectivity index (χ1) is 8.29. The first-order valence-electron chi connectivity index (χ1n) is 6.15. The summed E-state index contributed by atoms with van der Waals surface area (Å²) in [5, 5.41) is 15.0. The molecule has 1 heterocycles. The zero-order chi connectivity index (χ0) is 12.1. The van der Waals surface area contributed by atoms with Crippen molar-refractivity contribution in [1.82, 2.24) is 15.5 Å². The fourth-order valence-electron chi connectivity index (χ4n) is 1.63. The van der Waals surface area contributed by atoms with E-state index in [2.05, 4.69) is 27.8 Å². The second-order valence-electron chi connectivity index (χ2n) is 4.35. The average molecular weight is 254 g/mol. The van der Waals surface area contributed by atoms with Gasteiger partial charge in [-0.2, -0.15) is 0 Å². The molecule has 0 aliphatic heterocycles. The number of carbonyl (C=O) groups is 1. The van der Waals surface area contributed by atoms with E-state index >= 15 is 0 Å². The first kappa shape index (κ1) is 12.3. The first-order valence-corrected chi connectivity index (χ1v) is 6.97. The third-order valence-electron chi connectivity index (χ3n) is 2.92. The molecule has 2 N–H and O–H groups in total. The maximum Gasteiger partial charge on any atom is 0.282 e. The highest BCUT2D eigenvalue weighted by atomic mass is 32.1. The van der Waals surface area contributed by atoms with E-state index in [0.717, 1.165) is 24.6 Å². The van der Waals surface area contributed by atoms with Crippen LogP contribution in [0.5, 0.6) is 0 Å². The van der Waals surface area contributed by atoms with E-state index in [9.17, 15) is 4.79 Å². The van der Waals surface area contributed by atoms with E-state index in [1.807, 2.05) is 0 Å². The molecule has 1 fully saturated rings. The molecule has 94 valence electrons. The molecular weight excluding hydrogens is 236 g/mol. The molecule has 0 bridgehead atoms. The summed E-state index contributed by atoms with van der Waals surface area (Å²) < 4.78 is 0. The molecule has 0 spiro atoms. The summed E-state index contributed by atoms with van der Waals surface area (Å²) in [4.78, 5) is 11.7. The van der Waals surface area contributed by atoms with Crippen LogP contribution < -0.4 is 10.6 Å². The Bertz CT molecular complexity index is 375. The number of hydrogen-bond donors (Lipinski definition) is 2. The highest BCUT2D eigenvalue weighted by Gasteiger charge is 2.19. The summed E-state index contributed by atoms with van der Waals surface area (Å²) in [5.41, 5.74) is 0. The lowest BCUT2D eigenvalue weighted by atomic mass is 9.85. The molecule has 1 amide bonds. The lowest BCUT2D eigenvalue weighted by Crippen LogP contribution is -2.32. The molecule has 5 nitrogen and oxygen atoms in total. The molecule has 0 radical (unpaired) electrons. The Morgan fingerprint density at radius 2 is 2.29 bits per heavy atom. The average Bonchev–Trinajstić information content (AvgIpc) is 2.72. The Morgan fingerprint density at radius 3 is 2.94 bits per heavy atom. The van der Waals surface area contributed by atoms with Crippen molar-refractivity contribution in [1.29, 1.82) is 0 Å². The van der Waals surface area contributed by atoms with Crippen molar-refractivity contribution in [2.24, 2.45) is 5.92 Å². The van der Waals surface area contributed by atoms with Crippen LogP contribution in [-0.2, 0) is 0 Å². The van der Waals surface area contributed by atoms with Gasteiger partial charge < -0.3 is 10.6 Å². The second-order valence-corrected chi connectivity index (χ2v) is 5.32. The maximum atomic E-state index is 11.7. The zero-order valence-corrected chi connectivity index (χ0v) is 10.8. The fourth-order valence-corrected chi connectivity index (χ4v) is 2.31. The van der Waals surface area contributed by atoms with Gasteiger partial charge in [-0.1, -0.05) is 24.7 Å². The Morgan fingerprint density at radius 1 is 1.47 bits per heavy atom. The minimum atomic E-state index is -0.0982.